The first-order valence-electron chi connectivity index (χ1n) is 3.93. The number of hydrogen-bond donors (Lipinski definition) is 1. The molecular formula is C8H16S. The van der Waals surface area contributed by atoms with Crippen molar-refractivity contribution >= 4 is 12.6 Å². The van der Waals surface area contributed by atoms with Crippen molar-refractivity contribution in [3.8, 4) is 0 Å². The SMILES string of the molecule is C[C@H]1CC[C@H](CS)CC1. The summed E-state index contributed by atoms with van der Waals surface area (Å²) in [7, 11) is 0. The first-order chi connectivity index (χ1) is 4.33. The summed E-state index contributed by atoms with van der Waals surface area (Å²) in [6.45, 7) is 2.36. The molecule has 0 radical (unpaired) electrons. The van der Waals surface area contributed by atoms with Gasteiger partial charge in [0.25, 0.3) is 0 Å². The summed E-state index contributed by atoms with van der Waals surface area (Å²) in [4.78, 5) is 0. The van der Waals surface area contributed by atoms with E-state index in [0.29, 0.717) is 0 Å². The molecule has 0 N–H and O–H groups in total. The van der Waals surface area contributed by atoms with Crippen molar-refractivity contribution in [3.05, 3.63) is 0 Å². The van der Waals surface area contributed by atoms with Crippen LogP contribution >= 0.6 is 12.6 Å². The Morgan fingerprint density at radius 1 is 1.22 bits per heavy atom. The van der Waals surface area contributed by atoms with Crippen molar-refractivity contribution in [3.63, 3.8) is 0 Å². The van der Waals surface area contributed by atoms with Crippen molar-refractivity contribution in [2.45, 2.75) is 32.6 Å². The fraction of sp³-hybridized carbons (Fsp3) is 1.00. The van der Waals surface area contributed by atoms with Crippen molar-refractivity contribution in [1.82, 2.24) is 0 Å². The van der Waals surface area contributed by atoms with E-state index >= 15 is 0 Å². The Bertz CT molecular complexity index is 72.6. The van der Waals surface area contributed by atoms with E-state index in [1.54, 1.807) is 0 Å². The van der Waals surface area contributed by atoms with Crippen LogP contribution in [0.4, 0.5) is 0 Å². The van der Waals surface area contributed by atoms with Gasteiger partial charge in [0, 0.05) is 0 Å². The zero-order chi connectivity index (χ0) is 6.69. The fourth-order valence-electron chi connectivity index (χ4n) is 1.51. The topological polar surface area (TPSA) is 0 Å². The van der Waals surface area contributed by atoms with Crippen LogP contribution in [0.25, 0.3) is 0 Å². The van der Waals surface area contributed by atoms with E-state index in [9.17, 15) is 0 Å². The molecule has 1 rings (SSSR count). The molecular weight excluding hydrogens is 128 g/mol. The number of rotatable bonds is 1. The average Bonchev–Trinajstić information content (AvgIpc) is 1.90. The van der Waals surface area contributed by atoms with Gasteiger partial charge in [-0.1, -0.05) is 19.8 Å². The highest BCUT2D eigenvalue weighted by Crippen LogP contribution is 2.28. The first kappa shape index (κ1) is 7.46. The molecule has 0 amide bonds. The highest BCUT2D eigenvalue weighted by Gasteiger charge is 2.15. The summed E-state index contributed by atoms with van der Waals surface area (Å²) >= 11 is 4.29. The molecule has 1 aliphatic carbocycles. The third kappa shape index (κ3) is 2.21. The van der Waals surface area contributed by atoms with E-state index in [1.165, 1.54) is 25.7 Å². The molecule has 0 aromatic heterocycles. The van der Waals surface area contributed by atoms with E-state index in [4.69, 9.17) is 0 Å². The molecule has 0 nitrogen and oxygen atoms in total. The van der Waals surface area contributed by atoms with Gasteiger partial charge in [0.1, 0.15) is 0 Å². The molecule has 1 heteroatoms. The lowest BCUT2D eigenvalue weighted by atomic mass is 9.84. The maximum atomic E-state index is 4.29. The van der Waals surface area contributed by atoms with Crippen LogP contribution in [-0.2, 0) is 0 Å². The maximum Gasteiger partial charge on any atom is -0.00695 e. The molecule has 0 aromatic rings. The van der Waals surface area contributed by atoms with Gasteiger partial charge in [0.2, 0.25) is 0 Å². The van der Waals surface area contributed by atoms with Gasteiger partial charge in [-0.05, 0) is 30.4 Å². The molecule has 0 heterocycles. The Labute approximate surface area is 63.4 Å². The minimum atomic E-state index is 0.935. The van der Waals surface area contributed by atoms with E-state index in [-0.39, 0.29) is 0 Å². The van der Waals surface area contributed by atoms with Gasteiger partial charge in [-0.3, -0.25) is 0 Å². The molecule has 54 valence electrons. The average molecular weight is 144 g/mol. The lowest BCUT2D eigenvalue weighted by molar-refractivity contribution is 0.312. The molecule has 0 aromatic carbocycles. The Morgan fingerprint density at radius 3 is 2.22 bits per heavy atom. The van der Waals surface area contributed by atoms with Crippen LogP contribution in [0.5, 0.6) is 0 Å². The fourth-order valence-corrected chi connectivity index (χ4v) is 1.88. The molecule has 0 atom stereocenters. The van der Waals surface area contributed by atoms with Gasteiger partial charge in [-0.2, -0.15) is 12.6 Å². The summed E-state index contributed by atoms with van der Waals surface area (Å²) < 4.78 is 0. The van der Waals surface area contributed by atoms with Crippen LogP contribution in [0, 0.1) is 11.8 Å². The van der Waals surface area contributed by atoms with Crippen LogP contribution < -0.4 is 0 Å². The number of thiol groups is 1. The summed E-state index contributed by atoms with van der Waals surface area (Å²) in [5.41, 5.74) is 0. The summed E-state index contributed by atoms with van der Waals surface area (Å²) in [5, 5.41) is 0. The summed E-state index contributed by atoms with van der Waals surface area (Å²) in [6, 6.07) is 0. The lowest BCUT2D eigenvalue weighted by Gasteiger charge is -2.24. The van der Waals surface area contributed by atoms with Gasteiger partial charge < -0.3 is 0 Å². The monoisotopic (exact) mass is 144 g/mol. The Balaban J connectivity index is 2.18. The summed E-state index contributed by atoms with van der Waals surface area (Å²) in [6.07, 6.45) is 5.71. The van der Waals surface area contributed by atoms with Gasteiger partial charge >= 0.3 is 0 Å². The Kier molecular flexibility index (Phi) is 2.90. The third-order valence-electron chi connectivity index (χ3n) is 2.39. The Morgan fingerprint density at radius 2 is 1.78 bits per heavy atom. The van der Waals surface area contributed by atoms with Crippen LogP contribution in [0.15, 0.2) is 0 Å². The first-order valence-corrected chi connectivity index (χ1v) is 4.57. The molecule has 0 saturated heterocycles. The molecule has 1 saturated carbocycles. The van der Waals surface area contributed by atoms with Crippen LogP contribution in [0.3, 0.4) is 0 Å². The second-order valence-corrected chi connectivity index (χ2v) is 3.67. The van der Waals surface area contributed by atoms with Gasteiger partial charge in [-0.25, -0.2) is 0 Å². The van der Waals surface area contributed by atoms with Gasteiger partial charge in [-0.15, -0.1) is 0 Å². The van der Waals surface area contributed by atoms with Crippen LogP contribution in [0.1, 0.15) is 32.6 Å². The number of hydrogen-bond acceptors (Lipinski definition) is 1. The minimum absolute atomic E-state index is 0.935. The predicted molar refractivity (Wildman–Crippen MR) is 45.0 cm³/mol. The third-order valence-corrected chi connectivity index (χ3v) is 2.91. The van der Waals surface area contributed by atoms with Crippen LogP contribution in [0.2, 0.25) is 0 Å². The standard InChI is InChI=1S/C8H16S/c1-7-2-4-8(6-9)5-3-7/h7-9H,2-6H2,1H3/t7-,8-. The highest BCUT2D eigenvalue weighted by molar-refractivity contribution is 7.80. The van der Waals surface area contributed by atoms with Crippen molar-refractivity contribution in [2.75, 3.05) is 5.75 Å². The van der Waals surface area contributed by atoms with Gasteiger partial charge in [0.15, 0.2) is 0 Å². The molecule has 0 bridgehead atoms. The van der Waals surface area contributed by atoms with E-state index in [1.807, 2.05) is 0 Å². The molecule has 1 aliphatic rings. The van der Waals surface area contributed by atoms with E-state index in [2.05, 4.69) is 19.6 Å². The molecule has 0 unspecified atom stereocenters. The molecule has 0 spiro atoms. The van der Waals surface area contributed by atoms with E-state index in [0.717, 1.165) is 17.6 Å². The molecule has 1 fully saturated rings. The zero-order valence-electron chi connectivity index (χ0n) is 6.14. The lowest BCUT2D eigenvalue weighted by Crippen LogP contribution is -2.12. The van der Waals surface area contributed by atoms with Crippen molar-refractivity contribution in [2.24, 2.45) is 11.8 Å². The van der Waals surface area contributed by atoms with E-state index < -0.39 is 0 Å². The molecule has 0 aliphatic heterocycles. The molecule has 9 heavy (non-hydrogen) atoms. The predicted octanol–water partition coefficient (Wildman–Crippen LogP) is 2.74. The minimum Gasteiger partial charge on any atom is -0.179 e. The van der Waals surface area contributed by atoms with Crippen molar-refractivity contribution in [1.29, 1.82) is 0 Å². The normalized spacial score (nSPS) is 36.7. The summed E-state index contributed by atoms with van der Waals surface area (Å²) in [5.74, 6) is 3.03. The second kappa shape index (κ2) is 3.50. The van der Waals surface area contributed by atoms with Crippen LogP contribution in [-0.4, -0.2) is 5.75 Å². The van der Waals surface area contributed by atoms with Crippen molar-refractivity contribution < 1.29 is 0 Å². The quantitative estimate of drug-likeness (QED) is 0.537. The highest BCUT2D eigenvalue weighted by atomic mass is 32.1. The second-order valence-electron chi connectivity index (χ2n) is 3.31. The Hall–Kier alpha value is 0.350. The van der Waals surface area contributed by atoms with Gasteiger partial charge in [0.05, 0.1) is 0 Å². The smallest absolute Gasteiger partial charge is 0.00695 e. The largest absolute Gasteiger partial charge is 0.179 e. The zero-order valence-corrected chi connectivity index (χ0v) is 7.03. The maximum absolute atomic E-state index is 4.29.